The predicted octanol–water partition coefficient (Wildman–Crippen LogP) is 1.93. The van der Waals surface area contributed by atoms with Gasteiger partial charge in [0.05, 0.1) is 5.69 Å². The van der Waals surface area contributed by atoms with Crippen molar-refractivity contribution in [3.05, 3.63) is 59.9 Å². The number of anilines is 1. The van der Waals surface area contributed by atoms with E-state index >= 15 is 0 Å². The smallest absolute Gasteiger partial charge is 0.245 e. The molecule has 0 amide bonds. The molecule has 106 valence electrons. The summed E-state index contributed by atoms with van der Waals surface area (Å²) in [6.07, 6.45) is 0.522. The summed E-state index contributed by atoms with van der Waals surface area (Å²) in [6, 6.07) is 13.2. The van der Waals surface area contributed by atoms with Crippen molar-refractivity contribution in [2.45, 2.75) is 11.3 Å². The zero-order valence-electron chi connectivity index (χ0n) is 10.7. The van der Waals surface area contributed by atoms with Gasteiger partial charge >= 0.3 is 0 Å². The van der Waals surface area contributed by atoms with Gasteiger partial charge < -0.3 is 5.73 Å². The van der Waals surface area contributed by atoms with E-state index in [0.717, 1.165) is 11.6 Å². The number of nitrogen functional groups attached to an aromatic ring is 1. The van der Waals surface area contributed by atoms with E-state index in [4.69, 9.17) is 5.73 Å². The van der Waals surface area contributed by atoms with Gasteiger partial charge in [-0.25, -0.2) is 17.5 Å². The molecule has 0 saturated heterocycles. The molecule has 3 N–H and O–H groups in total. The Morgan fingerprint density at radius 1 is 1.05 bits per heavy atom. The van der Waals surface area contributed by atoms with Crippen LogP contribution in [0, 0.1) is 5.82 Å². The number of hydrogen-bond donors (Lipinski definition) is 2. The number of nitrogens with one attached hydrogen (secondary N) is 1. The van der Waals surface area contributed by atoms with Crippen molar-refractivity contribution >= 4 is 15.7 Å². The maximum Gasteiger partial charge on any atom is 0.245 e. The van der Waals surface area contributed by atoms with Crippen LogP contribution in [0.1, 0.15) is 5.56 Å². The van der Waals surface area contributed by atoms with Gasteiger partial charge in [0.2, 0.25) is 10.0 Å². The maximum absolute atomic E-state index is 13.6. The molecule has 0 spiro atoms. The van der Waals surface area contributed by atoms with Crippen LogP contribution in [-0.4, -0.2) is 15.0 Å². The fourth-order valence-corrected chi connectivity index (χ4v) is 3.07. The summed E-state index contributed by atoms with van der Waals surface area (Å²) in [4.78, 5) is -0.493. The molecule has 2 aromatic rings. The van der Waals surface area contributed by atoms with Crippen LogP contribution in [-0.2, 0) is 16.4 Å². The van der Waals surface area contributed by atoms with E-state index in [1.807, 2.05) is 30.3 Å². The number of halogens is 1. The Bertz CT molecular complexity index is 667. The highest BCUT2D eigenvalue weighted by Gasteiger charge is 2.21. The normalized spacial score (nSPS) is 11.4. The number of nitrogens with two attached hydrogens (primary N) is 1. The zero-order valence-corrected chi connectivity index (χ0v) is 11.5. The van der Waals surface area contributed by atoms with Crippen LogP contribution in [0.4, 0.5) is 10.1 Å². The largest absolute Gasteiger partial charge is 0.398 e. The van der Waals surface area contributed by atoms with Gasteiger partial charge in [0, 0.05) is 6.54 Å². The Labute approximate surface area is 117 Å². The molecular formula is C14H15FN2O2S. The summed E-state index contributed by atoms with van der Waals surface area (Å²) in [5.74, 6) is -0.850. The van der Waals surface area contributed by atoms with Crippen molar-refractivity contribution in [1.82, 2.24) is 4.72 Å². The van der Waals surface area contributed by atoms with E-state index in [0.29, 0.717) is 6.42 Å². The van der Waals surface area contributed by atoms with E-state index in [1.54, 1.807) is 0 Å². The number of benzene rings is 2. The fourth-order valence-electron chi connectivity index (χ4n) is 1.86. The topological polar surface area (TPSA) is 72.2 Å². The van der Waals surface area contributed by atoms with E-state index in [2.05, 4.69) is 4.72 Å². The Morgan fingerprint density at radius 3 is 2.40 bits per heavy atom. The summed E-state index contributed by atoms with van der Waals surface area (Å²) in [5.41, 5.74) is 6.43. The lowest BCUT2D eigenvalue weighted by Crippen LogP contribution is -2.27. The highest BCUT2D eigenvalue weighted by Crippen LogP contribution is 2.21. The first-order valence-electron chi connectivity index (χ1n) is 6.08. The molecule has 2 aromatic carbocycles. The third kappa shape index (κ3) is 3.34. The van der Waals surface area contributed by atoms with Crippen molar-refractivity contribution in [3.63, 3.8) is 0 Å². The van der Waals surface area contributed by atoms with Gasteiger partial charge in [-0.3, -0.25) is 0 Å². The summed E-state index contributed by atoms with van der Waals surface area (Å²) < 4.78 is 40.0. The van der Waals surface area contributed by atoms with Gasteiger partial charge in [-0.2, -0.15) is 0 Å². The summed E-state index contributed by atoms with van der Waals surface area (Å²) in [5, 5.41) is 0. The molecule has 6 heteroatoms. The van der Waals surface area contributed by atoms with Crippen LogP contribution < -0.4 is 10.5 Å². The van der Waals surface area contributed by atoms with Gasteiger partial charge in [-0.1, -0.05) is 36.4 Å². The number of rotatable bonds is 5. The Morgan fingerprint density at radius 2 is 1.75 bits per heavy atom. The highest BCUT2D eigenvalue weighted by atomic mass is 32.2. The molecule has 4 nitrogen and oxygen atoms in total. The lowest BCUT2D eigenvalue weighted by molar-refractivity contribution is 0.558. The molecule has 2 rings (SSSR count). The van der Waals surface area contributed by atoms with Crippen molar-refractivity contribution in [2.75, 3.05) is 12.3 Å². The van der Waals surface area contributed by atoms with E-state index in [1.165, 1.54) is 12.1 Å². The second-order valence-electron chi connectivity index (χ2n) is 4.29. The molecule has 0 saturated carbocycles. The molecule has 0 unspecified atom stereocenters. The Hall–Kier alpha value is -1.92. The van der Waals surface area contributed by atoms with Crippen LogP contribution in [0.25, 0.3) is 0 Å². The first-order valence-corrected chi connectivity index (χ1v) is 7.56. The Balaban J connectivity index is 2.09. The second-order valence-corrected chi connectivity index (χ2v) is 6.00. The maximum atomic E-state index is 13.6. The zero-order chi connectivity index (χ0) is 14.6. The van der Waals surface area contributed by atoms with E-state index in [-0.39, 0.29) is 12.2 Å². The fraction of sp³-hybridized carbons (Fsp3) is 0.143. The van der Waals surface area contributed by atoms with Gasteiger partial charge in [0.15, 0.2) is 0 Å². The summed E-state index contributed by atoms with van der Waals surface area (Å²) >= 11 is 0. The van der Waals surface area contributed by atoms with Crippen LogP contribution >= 0.6 is 0 Å². The monoisotopic (exact) mass is 294 g/mol. The lowest BCUT2D eigenvalue weighted by Gasteiger charge is -2.09. The van der Waals surface area contributed by atoms with Crippen LogP contribution in [0.5, 0.6) is 0 Å². The first-order chi connectivity index (χ1) is 9.50. The minimum atomic E-state index is -3.94. The number of sulfonamides is 1. The van der Waals surface area contributed by atoms with Crippen molar-refractivity contribution in [2.24, 2.45) is 0 Å². The molecule has 0 fully saturated rings. The molecule has 0 aliphatic carbocycles. The van der Waals surface area contributed by atoms with Crippen molar-refractivity contribution in [1.29, 1.82) is 0 Å². The van der Waals surface area contributed by atoms with Crippen molar-refractivity contribution in [3.8, 4) is 0 Å². The van der Waals surface area contributed by atoms with Gasteiger partial charge in [-0.15, -0.1) is 0 Å². The van der Waals surface area contributed by atoms with Gasteiger partial charge in [0.25, 0.3) is 0 Å². The highest BCUT2D eigenvalue weighted by molar-refractivity contribution is 7.89. The molecule has 0 atom stereocenters. The Kier molecular flexibility index (Phi) is 4.36. The standard InChI is InChI=1S/C14H15FN2O2S/c15-12-7-4-8-13(16)14(12)20(18,19)17-10-9-11-5-2-1-3-6-11/h1-8,17H,9-10,16H2. The van der Waals surface area contributed by atoms with Crippen LogP contribution in [0.3, 0.4) is 0 Å². The van der Waals surface area contributed by atoms with Crippen LogP contribution in [0.15, 0.2) is 53.4 Å². The molecule has 0 aliphatic rings. The minimum Gasteiger partial charge on any atom is -0.398 e. The quantitative estimate of drug-likeness (QED) is 0.828. The third-order valence-electron chi connectivity index (χ3n) is 2.81. The average Bonchev–Trinajstić information content (AvgIpc) is 2.39. The third-order valence-corrected chi connectivity index (χ3v) is 4.37. The van der Waals surface area contributed by atoms with Gasteiger partial charge in [0.1, 0.15) is 10.7 Å². The molecule has 0 radical (unpaired) electrons. The molecular weight excluding hydrogens is 279 g/mol. The summed E-state index contributed by atoms with van der Waals surface area (Å²) in [6.45, 7) is 0.181. The first kappa shape index (κ1) is 14.5. The predicted molar refractivity (Wildman–Crippen MR) is 76.1 cm³/mol. The summed E-state index contributed by atoms with van der Waals surface area (Å²) in [7, 11) is -3.94. The van der Waals surface area contributed by atoms with Crippen molar-refractivity contribution < 1.29 is 12.8 Å². The molecule has 0 heterocycles. The minimum absolute atomic E-state index is 0.0998. The molecule has 0 aromatic heterocycles. The number of hydrogen-bond acceptors (Lipinski definition) is 3. The van der Waals surface area contributed by atoms with Crippen LogP contribution in [0.2, 0.25) is 0 Å². The molecule has 0 bridgehead atoms. The SMILES string of the molecule is Nc1cccc(F)c1S(=O)(=O)NCCc1ccccc1. The lowest BCUT2D eigenvalue weighted by atomic mass is 10.2. The second kappa shape index (κ2) is 6.02. The van der Waals surface area contributed by atoms with Gasteiger partial charge in [-0.05, 0) is 24.1 Å². The molecule has 0 aliphatic heterocycles. The molecule has 20 heavy (non-hydrogen) atoms. The van der Waals surface area contributed by atoms with E-state index < -0.39 is 20.7 Å². The van der Waals surface area contributed by atoms with E-state index in [9.17, 15) is 12.8 Å². The average molecular weight is 294 g/mol.